The summed E-state index contributed by atoms with van der Waals surface area (Å²) in [6.45, 7) is 3.27. The largest absolute Gasteiger partial charge is 0.390 e. The monoisotopic (exact) mass is 275 g/mol. The summed E-state index contributed by atoms with van der Waals surface area (Å²) in [6, 6.07) is 0. The molecule has 1 aliphatic heterocycles. The number of hydrogen-bond donors (Lipinski definition) is 3. The molecule has 0 radical (unpaired) electrons. The summed E-state index contributed by atoms with van der Waals surface area (Å²) in [7, 11) is 0. The minimum absolute atomic E-state index is 0.254. The second-order valence-electron chi connectivity index (χ2n) is 4.27. The van der Waals surface area contributed by atoms with Crippen molar-refractivity contribution in [2.45, 2.75) is 19.3 Å². The van der Waals surface area contributed by atoms with Crippen molar-refractivity contribution in [1.82, 2.24) is 9.97 Å². The average molecular weight is 275 g/mol. The quantitative estimate of drug-likeness (QED) is 0.550. The summed E-state index contributed by atoms with van der Waals surface area (Å²) in [4.78, 5) is 19.4. The molecule has 1 aromatic heterocycles. The second kappa shape index (κ2) is 6.71. The van der Waals surface area contributed by atoms with Crippen LogP contribution in [0.25, 0.3) is 0 Å². The van der Waals surface area contributed by atoms with Gasteiger partial charge in [0.15, 0.2) is 5.84 Å². The molecule has 4 N–H and O–H groups in total. The zero-order valence-electron chi connectivity index (χ0n) is 11.2. The molecule has 8 nitrogen and oxygen atoms in total. The Balaban J connectivity index is 2.39. The Bertz CT molecular complexity index is 552. The van der Waals surface area contributed by atoms with Gasteiger partial charge in [0.1, 0.15) is 24.2 Å². The highest BCUT2D eigenvalue weighted by Gasteiger charge is 2.25. The van der Waals surface area contributed by atoms with Crippen molar-refractivity contribution < 1.29 is 4.74 Å². The lowest BCUT2D eigenvalue weighted by Crippen LogP contribution is -2.09. The first kappa shape index (κ1) is 14.1. The predicted molar refractivity (Wildman–Crippen MR) is 78.0 cm³/mol. The number of nitrogens with one attached hydrogen (secondary N) is 2. The third-order valence-corrected chi connectivity index (χ3v) is 2.92. The topological polar surface area (TPSA) is 125 Å². The maximum Gasteiger partial charge on any atom is 0.182 e. The highest BCUT2D eigenvalue weighted by atomic mass is 16.5. The molecule has 0 amide bonds. The smallest absolute Gasteiger partial charge is 0.182 e. The summed E-state index contributed by atoms with van der Waals surface area (Å²) < 4.78 is 5.41. The number of aromatic amines is 1. The van der Waals surface area contributed by atoms with Crippen molar-refractivity contribution >= 4 is 24.9 Å². The normalized spacial score (nSPS) is 20.2. The van der Waals surface area contributed by atoms with Crippen LogP contribution in [-0.4, -0.2) is 48.0 Å². The van der Waals surface area contributed by atoms with Gasteiger partial charge in [-0.05, 0) is 13.3 Å². The van der Waals surface area contributed by atoms with Crippen LogP contribution in [0.4, 0.5) is 0 Å². The Hall–Kier alpha value is -2.35. The fraction of sp³-hybridized carbons (Fsp3) is 0.417. The Morgan fingerprint density at radius 1 is 1.60 bits per heavy atom. The first-order chi connectivity index (χ1) is 9.76. The van der Waals surface area contributed by atoms with E-state index in [0.29, 0.717) is 18.1 Å². The van der Waals surface area contributed by atoms with Crippen molar-refractivity contribution in [2.24, 2.45) is 20.7 Å². The number of rotatable bonds is 4. The van der Waals surface area contributed by atoms with Gasteiger partial charge in [0.05, 0.1) is 18.6 Å². The van der Waals surface area contributed by atoms with E-state index in [9.17, 15) is 0 Å². The van der Waals surface area contributed by atoms with Gasteiger partial charge >= 0.3 is 0 Å². The predicted octanol–water partition coefficient (Wildman–Crippen LogP) is 0.591. The molecule has 1 atom stereocenters. The van der Waals surface area contributed by atoms with Crippen molar-refractivity contribution in [3.63, 3.8) is 0 Å². The van der Waals surface area contributed by atoms with Crippen LogP contribution in [0, 0.1) is 12.3 Å². The highest BCUT2D eigenvalue weighted by Crippen LogP contribution is 2.27. The van der Waals surface area contributed by atoms with Crippen LogP contribution in [0.1, 0.15) is 29.6 Å². The van der Waals surface area contributed by atoms with Crippen molar-refractivity contribution in [3.8, 4) is 0 Å². The zero-order chi connectivity index (χ0) is 14.4. The summed E-state index contributed by atoms with van der Waals surface area (Å²) >= 11 is 0. The molecule has 2 heterocycles. The van der Waals surface area contributed by atoms with E-state index in [2.05, 4.69) is 24.9 Å². The molecule has 8 heteroatoms. The van der Waals surface area contributed by atoms with Crippen molar-refractivity contribution in [2.75, 3.05) is 13.2 Å². The van der Waals surface area contributed by atoms with Gasteiger partial charge in [-0.3, -0.25) is 5.41 Å². The number of H-pyrrole nitrogens is 1. The van der Waals surface area contributed by atoms with E-state index in [1.807, 2.05) is 6.92 Å². The Kier molecular flexibility index (Phi) is 4.72. The number of aryl methyl sites for hydroxylation is 1. The van der Waals surface area contributed by atoms with Crippen LogP contribution in [0.5, 0.6) is 0 Å². The zero-order valence-corrected chi connectivity index (χ0v) is 11.2. The lowest BCUT2D eigenvalue weighted by atomic mass is 10.0. The summed E-state index contributed by atoms with van der Waals surface area (Å²) in [6.07, 6.45) is 4.24. The first-order valence-corrected chi connectivity index (χ1v) is 6.23. The van der Waals surface area contributed by atoms with Gasteiger partial charge in [0.25, 0.3) is 0 Å². The fourth-order valence-electron chi connectivity index (χ4n) is 2.09. The van der Waals surface area contributed by atoms with E-state index >= 15 is 0 Å². The van der Waals surface area contributed by atoms with Gasteiger partial charge in [-0.15, -0.1) is 0 Å². The number of hydrogen-bond acceptors (Lipinski definition) is 3. The first-order valence-electron chi connectivity index (χ1n) is 6.23. The third kappa shape index (κ3) is 3.15. The third-order valence-electron chi connectivity index (χ3n) is 2.92. The van der Waals surface area contributed by atoms with Crippen LogP contribution in [0.2, 0.25) is 0 Å². The molecule has 106 valence electrons. The van der Waals surface area contributed by atoms with Crippen LogP contribution in [0.3, 0.4) is 0 Å². The standard InChI is InChI=1S/C12H17N7O/c1-8-18-10(9-2-3-20-4-9)11(19-8)12(16-6-14)17-7-15-5-13/h5-7,9H,2-4H2,1H3,(H,18,19)(H3,13,14,15,16,17)/t9-/m1/s1. The molecule has 0 saturated carbocycles. The fourth-order valence-corrected chi connectivity index (χ4v) is 2.09. The van der Waals surface area contributed by atoms with Crippen LogP contribution < -0.4 is 5.73 Å². The molecular formula is C12H17N7O. The maximum absolute atomic E-state index is 6.84. The van der Waals surface area contributed by atoms with Gasteiger partial charge in [0, 0.05) is 12.5 Å². The minimum Gasteiger partial charge on any atom is -0.390 e. The van der Waals surface area contributed by atoms with Gasteiger partial charge in [-0.1, -0.05) is 0 Å². The van der Waals surface area contributed by atoms with E-state index < -0.39 is 0 Å². The molecule has 0 unspecified atom stereocenters. The molecule has 1 aliphatic rings. The molecule has 20 heavy (non-hydrogen) atoms. The molecule has 0 spiro atoms. The van der Waals surface area contributed by atoms with E-state index in [1.165, 1.54) is 6.34 Å². The van der Waals surface area contributed by atoms with Crippen molar-refractivity contribution in [3.05, 3.63) is 17.2 Å². The number of imidazole rings is 1. The average Bonchev–Trinajstić information content (AvgIpc) is 3.06. The summed E-state index contributed by atoms with van der Waals surface area (Å²) in [5.74, 6) is 1.40. The van der Waals surface area contributed by atoms with Crippen LogP contribution in [-0.2, 0) is 4.74 Å². The lowest BCUT2D eigenvalue weighted by molar-refractivity contribution is 0.193. The van der Waals surface area contributed by atoms with Gasteiger partial charge < -0.3 is 15.5 Å². The highest BCUT2D eigenvalue weighted by molar-refractivity contribution is 6.05. The SMILES string of the molecule is Cc1nc(C(N=CN)=NC=NC=N)c([C@@H]2CCOC2)[nH]1. The molecule has 1 fully saturated rings. The van der Waals surface area contributed by atoms with E-state index in [-0.39, 0.29) is 5.92 Å². The second-order valence-corrected chi connectivity index (χ2v) is 4.27. The molecule has 0 aromatic carbocycles. The van der Waals surface area contributed by atoms with Gasteiger partial charge in [-0.2, -0.15) is 0 Å². The maximum atomic E-state index is 6.84. The molecule has 0 aliphatic carbocycles. The number of aromatic nitrogens is 2. The van der Waals surface area contributed by atoms with Crippen LogP contribution >= 0.6 is 0 Å². The van der Waals surface area contributed by atoms with E-state index in [4.69, 9.17) is 15.9 Å². The van der Waals surface area contributed by atoms with Gasteiger partial charge in [-0.25, -0.2) is 20.0 Å². The molecular weight excluding hydrogens is 258 g/mol. The van der Waals surface area contributed by atoms with E-state index in [1.54, 1.807) is 0 Å². The summed E-state index contributed by atoms with van der Waals surface area (Å²) in [5, 5.41) is 6.84. The Labute approximate surface area is 116 Å². The molecule has 2 rings (SSSR count). The number of amidine groups is 1. The van der Waals surface area contributed by atoms with E-state index in [0.717, 1.165) is 37.2 Å². The molecule has 1 saturated heterocycles. The lowest BCUT2D eigenvalue weighted by Gasteiger charge is -2.07. The number of nitrogens with zero attached hydrogens (tertiary/aromatic N) is 4. The molecule has 1 aromatic rings. The Morgan fingerprint density at radius 2 is 2.45 bits per heavy atom. The minimum atomic E-state index is 0.254. The number of ether oxygens (including phenoxy) is 1. The van der Waals surface area contributed by atoms with Gasteiger partial charge in [0.2, 0.25) is 0 Å². The number of nitrogens with two attached hydrogens (primary N) is 1. The summed E-state index contributed by atoms with van der Waals surface area (Å²) in [5.41, 5.74) is 6.96. The molecule has 0 bridgehead atoms. The number of aliphatic imine (C=N–C) groups is 3. The van der Waals surface area contributed by atoms with Crippen LogP contribution in [0.15, 0.2) is 15.0 Å². The Morgan fingerprint density at radius 3 is 3.10 bits per heavy atom. The van der Waals surface area contributed by atoms with Crippen molar-refractivity contribution in [1.29, 1.82) is 5.41 Å².